The summed E-state index contributed by atoms with van der Waals surface area (Å²) in [5.41, 5.74) is 8.45. The molecule has 0 fully saturated rings. The number of benzene rings is 2. The molecule has 3 aromatic rings. The van der Waals surface area contributed by atoms with E-state index < -0.39 is 9.84 Å². The van der Waals surface area contributed by atoms with Gasteiger partial charge in [0, 0.05) is 6.26 Å². The van der Waals surface area contributed by atoms with Crippen molar-refractivity contribution in [1.29, 1.82) is 0 Å². The lowest BCUT2D eigenvalue weighted by molar-refractivity contribution is 0.602. The minimum absolute atomic E-state index is 0.183. The highest BCUT2D eigenvalue weighted by Crippen LogP contribution is 2.24. The third kappa shape index (κ3) is 2.01. The minimum atomic E-state index is -3.28. The first-order valence-corrected chi connectivity index (χ1v) is 7.76. The standard InChI is InChI=1S/C13H12N4O2S/c1-20(18,19)9-6-7-12(10(14)8-9)17-13-5-3-2-4-11(13)15-16-17/h2-8H,14H2,1H3. The number of anilines is 1. The molecule has 0 aliphatic rings. The largest absolute Gasteiger partial charge is 0.397 e. The van der Waals surface area contributed by atoms with Crippen LogP contribution in [0, 0.1) is 0 Å². The molecule has 1 heterocycles. The van der Waals surface area contributed by atoms with Crippen molar-refractivity contribution in [2.45, 2.75) is 4.90 Å². The molecule has 0 saturated carbocycles. The number of nitrogens with two attached hydrogens (primary N) is 1. The van der Waals surface area contributed by atoms with Crippen LogP contribution >= 0.6 is 0 Å². The topological polar surface area (TPSA) is 90.9 Å². The van der Waals surface area contributed by atoms with Gasteiger partial charge < -0.3 is 5.73 Å². The van der Waals surface area contributed by atoms with Crippen LogP contribution in [0.2, 0.25) is 0 Å². The van der Waals surface area contributed by atoms with Gasteiger partial charge in [-0.1, -0.05) is 17.3 Å². The van der Waals surface area contributed by atoms with Gasteiger partial charge in [0.25, 0.3) is 0 Å². The molecule has 6 nitrogen and oxygen atoms in total. The quantitative estimate of drug-likeness (QED) is 0.720. The number of sulfone groups is 1. The van der Waals surface area contributed by atoms with Gasteiger partial charge in [0.05, 0.1) is 21.8 Å². The molecule has 0 radical (unpaired) electrons. The van der Waals surface area contributed by atoms with Crippen LogP contribution in [0.1, 0.15) is 0 Å². The second-order valence-electron chi connectivity index (χ2n) is 4.48. The molecule has 0 spiro atoms. The zero-order valence-electron chi connectivity index (χ0n) is 10.7. The van der Waals surface area contributed by atoms with Crippen LogP contribution in [0.5, 0.6) is 0 Å². The van der Waals surface area contributed by atoms with Gasteiger partial charge in [-0.2, -0.15) is 0 Å². The predicted molar refractivity (Wildman–Crippen MR) is 76.4 cm³/mol. The van der Waals surface area contributed by atoms with Crippen molar-refractivity contribution < 1.29 is 8.42 Å². The maximum absolute atomic E-state index is 11.5. The van der Waals surface area contributed by atoms with Gasteiger partial charge >= 0.3 is 0 Å². The van der Waals surface area contributed by atoms with E-state index in [4.69, 9.17) is 5.73 Å². The molecule has 0 amide bonds. The fourth-order valence-corrected chi connectivity index (χ4v) is 2.66. The Morgan fingerprint density at radius 3 is 2.60 bits per heavy atom. The molecular formula is C13H12N4O2S. The first kappa shape index (κ1) is 12.6. The number of aromatic nitrogens is 3. The molecule has 7 heteroatoms. The van der Waals surface area contributed by atoms with E-state index in [0.717, 1.165) is 17.3 Å². The van der Waals surface area contributed by atoms with Gasteiger partial charge in [-0.25, -0.2) is 13.1 Å². The molecule has 0 atom stereocenters. The summed E-state index contributed by atoms with van der Waals surface area (Å²) in [6.45, 7) is 0. The molecule has 3 rings (SSSR count). The van der Waals surface area contributed by atoms with Crippen molar-refractivity contribution in [2.24, 2.45) is 0 Å². The van der Waals surface area contributed by atoms with E-state index in [1.54, 1.807) is 10.7 Å². The van der Waals surface area contributed by atoms with E-state index >= 15 is 0 Å². The SMILES string of the molecule is CS(=O)(=O)c1ccc(-n2nnc3ccccc32)c(N)c1. The number of hydrogen-bond donors (Lipinski definition) is 1. The fourth-order valence-electron chi connectivity index (χ4n) is 2.00. The third-order valence-electron chi connectivity index (χ3n) is 3.01. The minimum Gasteiger partial charge on any atom is -0.397 e. The van der Waals surface area contributed by atoms with Crippen molar-refractivity contribution in [3.05, 3.63) is 42.5 Å². The van der Waals surface area contributed by atoms with Crippen molar-refractivity contribution in [3.63, 3.8) is 0 Å². The smallest absolute Gasteiger partial charge is 0.175 e. The Morgan fingerprint density at radius 1 is 1.15 bits per heavy atom. The van der Waals surface area contributed by atoms with Crippen LogP contribution in [-0.2, 0) is 9.84 Å². The van der Waals surface area contributed by atoms with Gasteiger partial charge in [-0.3, -0.25) is 0 Å². The Hall–Kier alpha value is -2.41. The van der Waals surface area contributed by atoms with Crippen LogP contribution in [0.15, 0.2) is 47.4 Å². The second-order valence-corrected chi connectivity index (χ2v) is 6.50. The van der Waals surface area contributed by atoms with E-state index in [0.29, 0.717) is 11.4 Å². The summed E-state index contributed by atoms with van der Waals surface area (Å²) >= 11 is 0. The van der Waals surface area contributed by atoms with E-state index in [2.05, 4.69) is 10.3 Å². The average molecular weight is 288 g/mol. The van der Waals surface area contributed by atoms with E-state index in [1.807, 2.05) is 24.3 Å². The third-order valence-corrected chi connectivity index (χ3v) is 4.12. The van der Waals surface area contributed by atoms with Crippen LogP contribution in [0.4, 0.5) is 5.69 Å². The number of nitrogen functional groups attached to an aromatic ring is 1. The van der Waals surface area contributed by atoms with Crippen molar-refractivity contribution in [3.8, 4) is 5.69 Å². The van der Waals surface area contributed by atoms with Crippen LogP contribution in [-0.4, -0.2) is 29.7 Å². The van der Waals surface area contributed by atoms with Crippen LogP contribution in [0.3, 0.4) is 0 Å². The molecule has 2 aromatic carbocycles. The van der Waals surface area contributed by atoms with E-state index in [9.17, 15) is 8.42 Å². The summed E-state index contributed by atoms with van der Waals surface area (Å²) in [5.74, 6) is 0. The molecule has 1 aromatic heterocycles. The summed E-state index contributed by atoms with van der Waals surface area (Å²) in [7, 11) is -3.28. The Morgan fingerprint density at radius 2 is 1.90 bits per heavy atom. The summed E-state index contributed by atoms with van der Waals surface area (Å²) < 4.78 is 24.6. The fraction of sp³-hybridized carbons (Fsp3) is 0.0769. The maximum Gasteiger partial charge on any atom is 0.175 e. The van der Waals surface area contributed by atoms with Crippen molar-refractivity contribution in [2.75, 3.05) is 12.0 Å². The van der Waals surface area contributed by atoms with E-state index in [-0.39, 0.29) is 4.90 Å². The van der Waals surface area contributed by atoms with Crippen molar-refractivity contribution >= 4 is 26.6 Å². The lowest BCUT2D eigenvalue weighted by Crippen LogP contribution is -2.04. The number of nitrogens with zero attached hydrogens (tertiary/aromatic N) is 3. The van der Waals surface area contributed by atoms with Crippen LogP contribution in [0.25, 0.3) is 16.7 Å². The first-order chi connectivity index (χ1) is 9.47. The summed E-state index contributed by atoms with van der Waals surface area (Å²) in [6, 6.07) is 12.0. The molecular weight excluding hydrogens is 276 g/mol. The summed E-state index contributed by atoms with van der Waals surface area (Å²) in [5, 5.41) is 8.10. The highest BCUT2D eigenvalue weighted by atomic mass is 32.2. The van der Waals surface area contributed by atoms with Crippen molar-refractivity contribution in [1.82, 2.24) is 15.0 Å². The lowest BCUT2D eigenvalue weighted by Gasteiger charge is -2.07. The summed E-state index contributed by atoms with van der Waals surface area (Å²) in [4.78, 5) is 0.183. The molecule has 20 heavy (non-hydrogen) atoms. The number of hydrogen-bond acceptors (Lipinski definition) is 5. The molecule has 0 unspecified atom stereocenters. The molecule has 0 bridgehead atoms. The number of rotatable bonds is 2. The Balaban J connectivity index is 2.21. The molecule has 2 N–H and O–H groups in total. The Bertz CT molecular complexity index is 900. The zero-order valence-corrected chi connectivity index (χ0v) is 11.5. The highest BCUT2D eigenvalue weighted by molar-refractivity contribution is 7.90. The van der Waals surface area contributed by atoms with Gasteiger partial charge in [-0.05, 0) is 30.3 Å². The molecule has 0 aliphatic carbocycles. The lowest BCUT2D eigenvalue weighted by atomic mass is 10.2. The van der Waals surface area contributed by atoms with Gasteiger partial charge in [0.15, 0.2) is 9.84 Å². The van der Waals surface area contributed by atoms with Gasteiger partial charge in [0.2, 0.25) is 0 Å². The molecule has 0 saturated heterocycles. The van der Waals surface area contributed by atoms with Gasteiger partial charge in [0.1, 0.15) is 5.52 Å². The Labute approximate surface area is 115 Å². The second kappa shape index (κ2) is 4.31. The predicted octanol–water partition coefficient (Wildman–Crippen LogP) is 1.41. The van der Waals surface area contributed by atoms with Gasteiger partial charge in [-0.15, -0.1) is 5.10 Å². The van der Waals surface area contributed by atoms with Crippen LogP contribution < -0.4 is 5.73 Å². The monoisotopic (exact) mass is 288 g/mol. The number of para-hydroxylation sites is 1. The zero-order chi connectivity index (χ0) is 14.3. The molecule has 102 valence electrons. The van der Waals surface area contributed by atoms with E-state index in [1.165, 1.54) is 12.1 Å². The highest BCUT2D eigenvalue weighted by Gasteiger charge is 2.13. The molecule has 0 aliphatic heterocycles. The number of fused-ring (bicyclic) bond motifs is 1. The Kier molecular flexibility index (Phi) is 2.72. The normalized spacial score (nSPS) is 11.8. The summed E-state index contributed by atoms with van der Waals surface area (Å²) in [6.07, 6.45) is 1.15. The maximum atomic E-state index is 11.5. The first-order valence-electron chi connectivity index (χ1n) is 5.87. The average Bonchev–Trinajstić information content (AvgIpc) is 2.81.